The van der Waals surface area contributed by atoms with Gasteiger partial charge in [-0.05, 0) is 49.2 Å². The van der Waals surface area contributed by atoms with Crippen molar-refractivity contribution in [2.45, 2.75) is 31.5 Å². The van der Waals surface area contributed by atoms with Gasteiger partial charge in [0.2, 0.25) is 5.91 Å². The van der Waals surface area contributed by atoms with Crippen molar-refractivity contribution < 1.29 is 23.1 Å². The Labute approximate surface area is 162 Å². The summed E-state index contributed by atoms with van der Waals surface area (Å²) in [5, 5.41) is 10.0. The molecule has 1 fully saturated rings. The molecule has 0 aromatic heterocycles. The fraction of sp³-hybridized carbons (Fsp3) is 0.381. The molecule has 0 bridgehead atoms. The second kappa shape index (κ2) is 8.32. The Morgan fingerprint density at radius 3 is 2.50 bits per heavy atom. The van der Waals surface area contributed by atoms with Crippen LogP contribution in [0.25, 0.3) is 0 Å². The average molecular weight is 392 g/mol. The third-order valence-electron chi connectivity index (χ3n) is 5.36. The van der Waals surface area contributed by atoms with Gasteiger partial charge in [0.25, 0.3) is 0 Å². The number of rotatable bonds is 5. The highest BCUT2D eigenvalue weighted by molar-refractivity contribution is 5.78. The van der Waals surface area contributed by atoms with Gasteiger partial charge in [0, 0.05) is 25.2 Å². The first kappa shape index (κ1) is 20.4. The number of carbonyl (C=O) groups is 1. The van der Waals surface area contributed by atoms with Crippen LogP contribution >= 0.6 is 0 Å². The first-order valence-electron chi connectivity index (χ1n) is 9.14. The molecule has 4 nitrogen and oxygen atoms in total. The van der Waals surface area contributed by atoms with Gasteiger partial charge in [-0.3, -0.25) is 9.69 Å². The lowest BCUT2D eigenvalue weighted by Crippen LogP contribution is -2.40. The number of nitrogens with zero attached hydrogens (tertiary/aromatic N) is 2. The summed E-state index contributed by atoms with van der Waals surface area (Å²) in [5.41, 5.74) is 0.921. The fourth-order valence-corrected chi connectivity index (χ4v) is 3.61. The molecule has 1 N–H and O–H groups in total. The summed E-state index contributed by atoms with van der Waals surface area (Å²) >= 11 is 0. The van der Waals surface area contributed by atoms with Gasteiger partial charge < -0.3 is 10.0 Å². The number of likely N-dealkylation sites (N-methyl/N-ethyl adjacent to an activating group) is 1. The number of aliphatic hydroxyl groups is 1. The summed E-state index contributed by atoms with van der Waals surface area (Å²) in [6.45, 7) is 1.98. The van der Waals surface area contributed by atoms with Crippen LogP contribution in [0.1, 0.15) is 36.6 Å². The Morgan fingerprint density at radius 1 is 1.18 bits per heavy atom. The Balaban J connectivity index is 1.74. The van der Waals surface area contributed by atoms with E-state index >= 15 is 0 Å². The predicted octanol–water partition coefficient (Wildman–Crippen LogP) is 3.43. The molecular formula is C21H23F3N2O2. The first-order chi connectivity index (χ1) is 13.3. The number of hydrogen-bond donors (Lipinski definition) is 1. The molecule has 3 rings (SSSR count). The average Bonchev–Trinajstić information content (AvgIpc) is 3.03. The van der Waals surface area contributed by atoms with Crippen LogP contribution in [0.15, 0.2) is 42.5 Å². The highest BCUT2D eigenvalue weighted by atomic mass is 19.1. The maximum absolute atomic E-state index is 14.2. The maximum Gasteiger partial charge on any atom is 0.237 e. The molecule has 28 heavy (non-hydrogen) atoms. The van der Waals surface area contributed by atoms with Crippen LogP contribution in [0, 0.1) is 17.5 Å². The predicted molar refractivity (Wildman–Crippen MR) is 98.9 cm³/mol. The number of β-amino-alcohol motifs (C(OH)–C–C–N with tert-alkyl or cyclic N) is 1. The van der Waals surface area contributed by atoms with Gasteiger partial charge in [-0.1, -0.05) is 12.1 Å². The minimum atomic E-state index is -0.722. The minimum Gasteiger partial charge on any atom is -0.392 e. The van der Waals surface area contributed by atoms with Gasteiger partial charge in [0.1, 0.15) is 17.5 Å². The number of likely N-dealkylation sites (tertiary alicyclic amines) is 1. The lowest BCUT2D eigenvalue weighted by molar-refractivity contribution is -0.133. The van der Waals surface area contributed by atoms with E-state index < -0.39 is 23.8 Å². The van der Waals surface area contributed by atoms with E-state index in [0.29, 0.717) is 0 Å². The van der Waals surface area contributed by atoms with Crippen molar-refractivity contribution in [2.24, 2.45) is 0 Å². The third-order valence-corrected chi connectivity index (χ3v) is 5.36. The van der Waals surface area contributed by atoms with Crippen LogP contribution in [0.5, 0.6) is 0 Å². The van der Waals surface area contributed by atoms with Gasteiger partial charge >= 0.3 is 0 Å². The second-order valence-corrected chi connectivity index (χ2v) is 7.23. The molecule has 3 unspecified atom stereocenters. The topological polar surface area (TPSA) is 43.8 Å². The van der Waals surface area contributed by atoms with E-state index in [2.05, 4.69) is 0 Å². The van der Waals surface area contributed by atoms with Crippen molar-refractivity contribution in [3.05, 3.63) is 71.0 Å². The minimum absolute atomic E-state index is 0.0419. The molecule has 1 amide bonds. The van der Waals surface area contributed by atoms with Gasteiger partial charge in [0.15, 0.2) is 0 Å². The molecule has 7 heteroatoms. The molecule has 2 aromatic carbocycles. The lowest BCUT2D eigenvalue weighted by Gasteiger charge is -2.30. The van der Waals surface area contributed by atoms with E-state index in [4.69, 9.17) is 0 Å². The summed E-state index contributed by atoms with van der Waals surface area (Å²) in [4.78, 5) is 16.0. The van der Waals surface area contributed by atoms with Crippen molar-refractivity contribution in [2.75, 3.05) is 20.1 Å². The molecule has 1 aliphatic heterocycles. The fourth-order valence-electron chi connectivity index (χ4n) is 3.61. The van der Waals surface area contributed by atoms with Crippen LogP contribution in [0.2, 0.25) is 0 Å². The van der Waals surface area contributed by atoms with Crippen molar-refractivity contribution in [3.63, 3.8) is 0 Å². The molecule has 3 atom stereocenters. The maximum atomic E-state index is 14.2. The van der Waals surface area contributed by atoms with Gasteiger partial charge in [-0.2, -0.15) is 0 Å². The van der Waals surface area contributed by atoms with Crippen molar-refractivity contribution >= 4 is 5.91 Å². The third kappa shape index (κ3) is 4.36. The number of aliphatic hydroxyl groups excluding tert-OH is 1. The number of carbonyl (C=O) groups excluding carboxylic acids is 1. The Hall–Kier alpha value is -2.38. The molecule has 2 aromatic rings. The second-order valence-electron chi connectivity index (χ2n) is 7.23. The van der Waals surface area contributed by atoms with Crippen LogP contribution in [0.3, 0.4) is 0 Å². The summed E-state index contributed by atoms with van der Waals surface area (Å²) in [7, 11) is 1.64. The molecule has 150 valence electrons. The van der Waals surface area contributed by atoms with E-state index in [0.717, 1.165) is 23.8 Å². The molecule has 0 aliphatic carbocycles. The number of benzene rings is 2. The van der Waals surface area contributed by atoms with Crippen LogP contribution in [0.4, 0.5) is 13.2 Å². The van der Waals surface area contributed by atoms with Crippen molar-refractivity contribution in [3.8, 4) is 0 Å². The first-order valence-corrected chi connectivity index (χ1v) is 9.14. The lowest BCUT2D eigenvalue weighted by atomic mass is 10.0. The van der Waals surface area contributed by atoms with E-state index in [1.165, 1.54) is 17.0 Å². The SMILES string of the molecule is CC(c1ccc(F)cc1)N(C)C(=O)CN1CC(O)CC1c1cc(F)ccc1F. The van der Waals surface area contributed by atoms with E-state index in [-0.39, 0.29) is 42.8 Å². The van der Waals surface area contributed by atoms with E-state index in [1.54, 1.807) is 24.1 Å². The number of hydrogen-bond acceptors (Lipinski definition) is 3. The molecule has 0 spiro atoms. The number of halogens is 3. The summed E-state index contributed by atoms with van der Waals surface area (Å²) < 4.78 is 40.9. The summed E-state index contributed by atoms with van der Waals surface area (Å²) in [6.07, 6.45) is -0.495. The molecular weight excluding hydrogens is 369 g/mol. The van der Waals surface area contributed by atoms with Crippen molar-refractivity contribution in [1.82, 2.24) is 9.80 Å². The molecule has 0 radical (unpaired) electrons. The molecule has 0 saturated carbocycles. The number of amides is 1. The zero-order chi connectivity index (χ0) is 20.4. The summed E-state index contributed by atoms with van der Waals surface area (Å²) in [6, 6.07) is 8.25. The molecule has 1 saturated heterocycles. The smallest absolute Gasteiger partial charge is 0.237 e. The quantitative estimate of drug-likeness (QED) is 0.848. The highest BCUT2D eigenvalue weighted by Gasteiger charge is 2.35. The molecule has 1 heterocycles. The van der Waals surface area contributed by atoms with Gasteiger partial charge in [-0.15, -0.1) is 0 Å². The highest BCUT2D eigenvalue weighted by Crippen LogP contribution is 2.34. The molecule has 1 aliphatic rings. The zero-order valence-electron chi connectivity index (χ0n) is 15.8. The van der Waals surface area contributed by atoms with Crippen LogP contribution < -0.4 is 0 Å². The Morgan fingerprint density at radius 2 is 1.82 bits per heavy atom. The normalized spacial score (nSPS) is 20.9. The van der Waals surface area contributed by atoms with Crippen molar-refractivity contribution in [1.29, 1.82) is 0 Å². The zero-order valence-corrected chi connectivity index (χ0v) is 15.8. The van der Waals surface area contributed by atoms with E-state index in [1.807, 2.05) is 6.92 Å². The van der Waals surface area contributed by atoms with E-state index in [9.17, 15) is 23.1 Å². The Kier molecular flexibility index (Phi) is 6.05. The summed E-state index contributed by atoms with van der Waals surface area (Å²) in [5.74, 6) is -1.71. The van der Waals surface area contributed by atoms with Crippen LogP contribution in [-0.4, -0.2) is 47.1 Å². The van der Waals surface area contributed by atoms with Gasteiger partial charge in [-0.25, -0.2) is 13.2 Å². The monoisotopic (exact) mass is 392 g/mol. The van der Waals surface area contributed by atoms with Crippen LogP contribution in [-0.2, 0) is 4.79 Å². The largest absolute Gasteiger partial charge is 0.392 e. The standard InChI is InChI=1S/C21H23F3N2O2/c1-13(14-3-5-15(22)6-4-14)25(2)21(28)12-26-11-17(27)10-20(26)18-9-16(23)7-8-19(18)24/h3-9,13,17,20,27H,10-12H2,1-2H3. The Bertz CT molecular complexity index is 844. The van der Waals surface area contributed by atoms with Gasteiger partial charge in [0.05, 0.1) is 18.7 Å².